The zero-order chi connectivity index (χ0) is 14.5. The van der Waals surface area contributed by atoms with Gasteiger partial charge in [-0.15, -0.1) is 0 Å². The van der Waals surface area contributed by atoms with E-state index in [1.807, 2.05) is 35.0 Å². The molecule has 0 N–H and O–H groups in total. The summed E-state index contributed by atoms with van der Waals surface area (Å²) in [4.78, 5) is 8.09. The predicted octanol–water partition coefficient (Wildman–Crippen LogP) is 3.65. The Bertz CT molecular complexity index is 663. The molecule has 1 atom stereocenters. The summed E-state index contributed by atoms with van der Waals surface area (Å²) in [6.07, 6.45) is 9.76. The molecule has 2 aromatic heterocycles. The Morgan fingerprint density at radius 1 is 0.952 bits per heavy atom. The molecule has 0 fully saturated rings. The van der Waals surface area contributed by atoms with Crippen molar-refractivity contribution in [2.45, 2.75) is 12.3 Å². The Morgan fingerprint density at radius 2 is 1.67 bits per heavy atom. The number of hydrogen-bond donors (Lipinski definition) is 0. The van der Waals surface area contributed by atoms with Crippen LogP contribution in [-0.4, -0.2) is 14.5 Å². The Morgan fingerprint density at radius 3 is 2.33 bits per heavy atom. The fourth-order valence-electron chi connectivity index (χ4n) is 2.36. The van der Waals surface area contributed by atoms with Crippen molar-refractivity contribution in [2.24, 2.45) is 0 Å². The predicted molar refractivity (Wildman–Crippen MR) is 79.0 cm³/mol. The molecule has 0 aliphatic heterocycles. The van der Waals surface area contributed by atoms with Crippen molar-refractivity contribution in [3.63, 3.8) is 0 Å². The van der Waals surface area contributed by atoms with E-state index in [0.29, 0.717) is 0 Å². The molecule has 3 aromatic rings. The second-order valence-corrected chi connectivity index (χ2v) is 4.81. The van der Waals surface area contributed by atoms with Crippen LogP contribution in [0.5, 0.6) is 0 Å². The zero-order valence-corrected chi connectivity index (χ0v) is 11.4. The van der Waals surface area contributed by atoms with Gasteiger partial charge in [0.15, 0.2) is 0 Å². The quantitative estimate of drug-likeness (QED) is 0.714. The molecular weight excluding hydrogens is 265 g/mol. The van der Waals surface area contributed by atoms with Crippen molar-refractivity contribution in [1.29, 1.82) is 0 Å². The average molecular weight is 280 g/mol. The highest BCUT2D eigenvalue weighted by molar-refractivity contribution is 5.32. The first-order valence-electron chi connectivity index (χ1n) is 6.79. The largest absolute Gasteiger partial charge is 0.332 e. The van der Waals surface area contributed by atoms with Crippen LogP contribution in [0.1, 0.15) is 23.5 Å². The van der Waals surface area contributed by atoms with E-state index in [1.165, 1.54) is 12.1 Å². The van der Waals surface area contributed by atoms with Crippen molar-refractivity contribution in [2.75, 3.05) is 0 Å². The third kappa shape index (κ3) is 3.34. The van der Waals surface area contributed by atoms with Gasteiger partial charge in [-0.05, 0) is 41.8 Å². The third-order valence-electron chi connectivity index (χ3n) is 3.46. The van der Waals surface area contributed by atoms with E-state index in [1.54, 1.807) is 24.9 Å². The highest BCUT2D eigenvalue weighted by atomic mass is 19.1. The van der Waals surface area contributed by atoms with Crippen LogP contribution in [0.4, 0.5) is 4.39 Å². The van der Waals surface area contributed by atoms with Gasteiger partial charge in [0.05, 0.1) is 12.9 Å². The van der Waals surface area contributed by atoms with Gasteiger partial charge >= 0.3 is 0 Å². The SMILES string of the molecule is Fc1ccc(C(C[CH]n2ccnc2)c2ccncc2)cc1. The van der Waals surface area contributed by atoms with E-state index in [9.17, 15) is 4.39 Å². The van der Waals surface area contributed by atoms with Crippen molar-refractivity contribution in [3.8, 4) is 0 Å². The molecule has 1 unspecified atom stereocenters. The van der Waals surface area contributed by atoms with E-state index in [-0.39, 0.29) is 11.7 Å². The van der Waals surface area contributed by atoms with Crippen molar-refractivity contribution in [1.82, 2.24) is 14.5 Å². The standard InChI is InChI=1S/C17H15FN3/c18-16-3-1-14(2-4-16)17(15-5-8-19-9-6-15)7-11-21-12-10-20-13-21/h1-6,8-13,17H,7H2. The minimum atomic E-state index is -0.217. The summed E-state index contributed by atoms with van der Waals surface area (Å²) in [5.74, 6) is -0.0539. The monoisotopic (exact) mass is 280 g/mol. The molecule has 1 aromatic carbocycles. The highest BCUT2D eigenvalue weighted by Gasteiger charge is 2.14. The number of rotatable bonds is 5. The van der Waals surface area contributed by atoms with E-state index >= 15 is 0 Å². The number of hydrogen-bond acceptors (Lipinski definition) is 2. The summed E-state index contributed by atoms with van der Waals surface area (Å²) < 4.78 is 15.1. The molecule has 21 heavy (non-hydrogen) atoms. The van der Waals surface area contributed by atoms with Gasteiger partial charge in [0, 0.05) is 30.7 Å². The van der Waals surface area contributed by atoms with E-state index < -0.39 is 0 Å². The van der Waals surface area contributed by atoms with Crippen LogP contribution in [0, 0.1) is 12.4 Å². The first kappa shape index (κ1) is 13.5. The topological polar surface area (TPSA) is 30.7 Å². The van der Waals surface area contributed by atoms with Gasteiger partial charge in [0.25, 0.3) is 0 Å². The molecule has 3 rings (SSSR count). The Hall–Kier alpha value is -2.49. The third-order valence-corrected chi connectivity index (χ3v) is 3.46. The van der Waals surface area contributed by atoms with Crippen LogP contribution < -0.4 is 0 Å². The number of halogens is 1. The van der Waals surface area contributed by atoms with Gasteiger partial charge in [0.1, 0.15) is 5.82 Å². The lowest BCUT2D eigenvalue weighted by atomic mass is 9.89. The van der Waals surface area contributed by atoms with Crippen LogP contribution >= 0.6 is 0 Å². The summed E-state index contributed by atoms with van der Waals surface area (Å²) in [5.41, 5.74) is 2.24. The maximum atomic E-state index is 13.1. The summed E-state index contributed by atoms with van der Waals surface area (Å²) in [7, 11) is 0. The number of nitrogens with zero attached hydrogens (tertiary/aromatic N) is 3. The van der Waals surface area contributed by atoms with Gasteiger partial charge in [-0.3, -0.25) is 4.98 Å². The van der Waals surface area contributed by atoms with Gasteiger partial charge in [-0.2, -0.15) is 0 Å². The molecule has 0 bridgehead atoms. The van der Waals surface area contributed by atoms with Gasteiger partial charge in [-0.1, -0.05) is 12.1 Å². The lowest BCUT2D eigenvalue weighted by Gasteiger charge is -2.18. The van der Waals surface area contributed by atoms with E-state index in [4.69, 9.17) is 0 Å². The van der Waals surface area contributed by atoms with Gasteiger partial charge in [0.2, 0.25) is 0 Å². The summed E-state index contributed by atoms with van der Waals surface area (Å²) in [6, 6.07) is 10.7. The molecule has 3 nitrogen and oxygen atoms in total. The molecule has 0 saturated carbocycles. The molecule has 105 valence electrons. The van der Waals surface area contributed by atoms with Gasteiger partial charge in [-0.25, -0.2) is 9.37 Å². The zero-order valence-electron chi connectivity index (χ0n) is 11.4. The average Bonchev–Trinajstić information content (AvgIpc) is 3.04. The maximum absolute atomic E-state index is 13.1. The first-order chi connectivity index (χ1) is 10.3. The first-order valence-corrected chi connectivity index (χ1v) is 6.79. The minimum Gasteiger partial charge on any atom is -0.332 e. The molecule has 0 saturated heterocycles. The molecule has 0 aliphatic carbocycles. The number of imidazole rings is 1. The van der Waals surface area contributed by atoms with E-state index in [0.717, 1.165) is 17.5 Å². The molecule has 0 spiro atoms. The Labute approximate surface area is 123 Å². The minimum absolute atomic E-state index is 0.163. The summed E-state index contributed by atoms with van der Waals surface area (Å²) in [6.45, 7) is 2.07. The van der Waals surface area contributed by atoms with Gasteiger partial charge < -0.3 is 4.57 Å². The molecule has 4 heteroatoms. The van der Waals surface area contributed by atoms with Crippen LogP contribution in [0.2, 0.25) is 0 Å². The number of aromatic nitrogens is 3. The molecule has 0 aliphatic rings. The number of benzene rings is 1. The lowest BCUT2D eigenvalue weighted by molar-refractivity contribution is 0.625. The molecular formula is C17H15FN3. The second kappa shape index (κ2) is 6.31. The van der Waals surface area contributed by atoms with Crippen LogP contribution in [0.15, 0.2) is 67.5 Å². The molecule has 1 radical (unpaired) electrons. The van der Waals surface area contributed by atoms with Crippen molar-refractivity contribution < 1.29 is 4.39 Å². The smallest absolute Gasteiger partial charge is 0.123 e. The Kier molecular flexibility index (Phi) is 4.05. The molecule has 0 amide bonds. The normalized spacial score (nSPS) is 12.2. The second-order valence-electron chi connectivity index (χ2n) is 4.81. The maximum Gasteiger partial charge on any atom is 0.123 e. The van der Waals surface area contributed by atoms with Crippen LogP contribution in [-0.2, 0) is 0 Å². The van der Waals surface area contributed by atoms with E-state index in [2.05, 4.69) is 16.5 Å². The van der Waals surface area contributed by atoms with Crippen molar-refractivity contribution in [3.05, 3.63) is 91.0 Å². The summed E-state index contributed by atoms with van der Waals surface area (Å²) in [5, 5.41) is 0. The van der Waals surface area contributed by atoms with Crippen molar-refractivity contribution >= 4 is 0 Å². The fourth-order valence-corrected chi connectivity index (χ4v) is 2.36. The van der Waals surface area contributed by atoms with Crippen LogP contribution in [0.3, 0.4) is 0 Å². The highest BCUT2D eigenvalue weighted by Crippen LogP contribution is 2.28. The molecule has 2 heterocycles. The van der Waals surface area contributed by atoms with Crippen LogP contribution in [0.25, 0.3) is 0 Å². The Balaban J connectivity index is 1.85. The lowest BCUT2D eigenvalue weighted by Crippen LogP contribution is -2.05. The number of pyridine rings is 1. The summed E-state index contributed by atoms with van der Waals surface area (Å²) >= 11 is 0. The fraction of sp³-hybridized carbons (Fsp3) is 0.118.